The summed E-state index contributed by atoms with van der Waals surface area (Å²) in [5.41, 5.74) is 1.42. The molecule has 2 amide bonds. The highest BCUT2D eigenvalue weighted by atomic mass is 19.1. The number of benzene rings is 2. The number of piperazine rings is 1. The van der Waals surface area contributed by atoms with Crippen LogP contribution in [0.4, 0.5) is 15.8 Å². The maximum absolute atomic E-state index is 14.1. The van der Waals surface area contributed by atoms with Crippen molar-refractivity contribution in [3.63, 3.8) is 0 Å². The number of hydrogen-bond donors (Lipinski definition) is 0. The fourth-order valence-electron chi connectivity index (χ4n) is 5.07. The van der Waals surface area contributed by atoms with Gasteiger partial charge in [-0.25, -0.2) is 4.39 Å². The Morgan fingerprint density at radius 1 is 0.824 bits per heavy atom. The Morgan fingerprint density at radius 3 is 2.24 bits per heavy atom. The monoisotopic (exact) mass is 466 g/mol. The summed E-state index contributed by atoms with van der Waals surface area (Å²) in [6, 6.07) is 14.3. The van der Waals surface area contributed by atoms with Gasteiger partial charge in [-0.1, -0.05) is 24.3 Å². The molecule has 180 valence electrons. The quantitative estimate of drug-likeness (QED) is 0.694. The average molecular weight is 467 g/mol. The highest BCUT2D eigenvalue weighted by molar-refractivity contribution is 5.86. The average Bonchev–Trinajstić information content (AvgIpc) is 2.89. The van der Waals surface area contributed by atoms with E-state index in [1.807, 2.05) is 49.9 Å². The van der Waals surface area contributed by atoms with E-state index in [1.165, 1.54) is 6.07 Å². The molecular weight excluding hydrogens is 435 g/mol. The molecule has 0 N–H and O–H groups in total. The summed E-state index contributed by atoms with van der Waals surface area (Å²) < 4.78 is 20.2. The minimum Gasteiger partial charge on any atom is -0.477 e. The summed E-state index contributed by atoms with van der Waals surface area (Å²) >= 11 is 0. The van der Waals surface area contributed by atoms with Gasteiger partial charge in [-0.2, -0.15) is 0 Å². The fraction of sp³-hybridized carbons (Fsp3) is 0.462. The van der Waals surface area contributed by atoms with Gasteiger partial charge in [0, 0.05) is 39.3 Å². The van der Waals surface area contributed by atoms with E-state index in [4.69, 9.17) is 4.74 Å². The molecule has 2 saturated heterocycles. The molecule has 0 radical (unpaired) electrons. The summed E-state index contributed by atoms with van der Waals surface area (Å²) in [4.78, 5) is 34.0. The molecular formula is C26H31FN4O3. The highest BCUT2D eigenvalue weighted by Gasteiger charge is 2.35. The maximum Gasteiger partial charge on any atom is 0.265 e. The summed E-state index contributed by atoms with van der Waals surface area (Å²) in [6.45, 7) is 4.32. The lowest BCUT2D eigenvalue weighted by atomic mass is 10.1. The molecule has 2 aromatic carbocycles. The molecule has 0 unspecified atom stereocenters. The Hall–Kier alpha value is -3.29. The lowest BCUT2D eigenvalue weighted by Gasteiger charge is -2.40. The standard InChI is InChI=1S/C26H31FN4O3/c27-20-8-2-3-9-21(20)28-14-16-29(17-15-28)25(32)19-31-18-24(26(33)30-12-6-1-7-13-30)34-23-11-5-4-10-22(23)31/h2-5,8-11,24H,1,6-7,12-19H2/t24-/m0/s1. The van der Waals surface area contributed by atoms with Gasteiger partial charge in [0.05, 0.1) is 24.5 Å². The van der Waals surface area contributed by atoms with Gasteiger partial charge >= 0.3 is 0 Å². The second-order valence-electron chi connectivity index (χ2n) is 9.16. The first-order valence-electron chi connectivity index (χ1n) is 12.2. The van der Waals surface area contributed by atoms with Crippen molar-refractivity contribution < 1.29 is 18.7 Å². The normalized spacial score (nSPS) is 20.6. The Balaban J connectivity index is 1.24. The van der Waals surface area contributed by atoms with Crippen LogP contribution in [0.1, 0.15) is 19.3 Å². The van der Waals surface area contributed by atoms with Gasteiger partial charge in [0.2, 0.25) is 5.91 Å². The van der Waals surface area contributed by atoms with E-state index in [0.29, 0.717) is 44.2 Å². The molecule has 0 saturated carbocycles. The SMILES string of the molecule is O=C(CN1C[C@@H](C(=O)N2CCCCC2)Oc2ccccc21)N1CCN(c2ccccc2F)CC1. The molecule has 0 spiro atoms. The summed E-state index contributed by atoms with van der Waals surface area (Å²) in [7, 11) is 0. The molecule has 2 fully saturated rings. The van der Waals surface area contributed by atoms with E-state index in [-0.39, 0.29) is 24.2 Å². The Bertz CT molecular complexity index is 1030. The number of carbonyl (C=O) groups excluding carboxylic acids is 2. The van der Waals surface area contributed by atoms with E-state index in [9.17, 15) is 14.0 Å². The van der Waals surface area contributed by atoms with Gasteiger partial charge in [-0.15, -0.1) is 0 Å². The molecule has 1 atom stereocenters. The fourth-order valence-corrected chi connectivity index (χ4v) is 5.07. The molecule has 8 heteroatoms. The summed E-state index contributed by atoms with van der Waals surface area (Å²) in [5, 5.41) is 0. The number of amides is 2. The molecule has 7 nitrogen and oxygen atoms in total. The minimum atomic E-state index is -0.612. The molecule has 0 aromatic heterocycles. The third-order valence-corrected chi connectivity index (χ3v) is 6.96. The van der Waals surface area contributed by atoms with E-state index >= 15 is 0 Å². The van der Waals surface area contributed by atoms with Crippen LogP contribution in [0.2, 0.25) is 0 Å². The van der Waals surface area contributed by atoms with Crippen LogP contribution in [-0.2, 0) is 9.59 Å². The number of anilines is 2. The van der Waals surface area contributed by atoms with Crippen molar-refractivity contribution in [2.24, 2.45) is 0 Å². The van der Waals surface area contributed by atoms with E-state index in [2.05, 4.69) is 0 Å². The van der Waals surface area contributed by atoms with Crippen molar-refractivity contribution in [1.29, 1.82) is 0 Å². The van der Waals surface area contributed by atoms with Crippen LogP contribution in [0, 0.1) is 5.82 Å². The van der Waals surface area contributed by atoms with Crippen LogP contribution in [0.25, 0.3) is 0 Å². The molecule has 3 aliphatic heterocycles. The molecule has 2 aromatic rings. The first kappa shape index (κ1) is 22.5. The van der Waals surface area contributed by atoms with Crippen LogP contribution in [-0.4, -0.2) is 80.1 Å². The Kier molecular flexibility index (Phi) is 6.56. The molecule has 0 aliphatic carbocycles. The molecule has 3 aliphatic rings. The topological polar surface area (TPSA) is 56.3 Å². The maximum atomic E-state index is 14.1. The predicted molar refractivity (Wildman–Crippen MR) is 129 cm³/mol. The van der Waals surface area contributed by atoms with Crippen LogP contribution >= 0.6 is 0 Å². The lowest BCUT2D eigenvalue weighted by Crippen LogP contribution is -2.55. The summed E-state index contributed by atoms with van der Waals surface area (Å²) in [6.07, 6.45) is 2.59. The third kappa shape index (κ3) is 4.67. The van der Waals surface area contributed by atoms with E-state index < -0.39 is 6.10 Å². The number of fused-ring (bicyclic) bond motifs is 1. The Labute approximate surface area is 199 Å². The second-order valence-corrected chi connectivity index (χ2v) is 9.16. The second kappa shape index (κ2) is 9.91. The number of ether oxygens (including phenoxy) is 1. The smallest absolute Gasteiger partial charge is 0.265 e. The van der Waals surface area contributed by atoms with Crippen molar-refractivity contribution in [3.8, 4) is 5.75 Å². The third-order valence-electron chi connectivity index (χ3n) is 6.96. The predicted octanol–water partition coefficient (Wildman–Crippen LogP) is 2.75. The van der Waals surface area contributed by atoms with Gasteiger partial charge in [-0.3, -0.25) is 9.59 Å². The van der Waals surface area contributed by atoms with Gasteiger partial charge in [0.15, 0.2) is 6.10 Å². The van der Waals surface area contributed by atoms with E-state index in [0.717, 1.165) is 38.0 Å². The van der Waals surface area contributed by atoms with Crippen LogP contribution in [0.3, 0.4) is 0 Å². The molecule has 3 heterocycles. The summed E-state index contributed by atoms with van der Waals surface area (Å²) in [5.74, 6) is 0.414. The number of piperidine rings is 1. The number of halogens is 1. The number of nitrogens with zero attached hydrogens (tertiary/aromatic N) is 4. The molecule has 34 heavy (non-hydrogen) atoms. The number of para-hydroxylation sites is 3. The molecule has 5 rings (SSSR count). The largest absolute Gasteiger partial charge is 0.477 e. The van der Waals surface area contributed by atoms with Crippen molar-refractivity contribution in [3.05, 3.63) is 54.3 Å². The van der Waals surface area contributed by atoms with E-state index in [1.54, 1.807) is 12.1 Å². The van der Waals surface area contributed by atoms with Crippen LogP contribution in [0.5, 0.6) is 5.75 Å². The zero-order valence-electron chi connectivity index (χ0n) is 19.4. The van der Waals surface area contributed by atoms with Crippen molar-refractivity contribution in [2.75, 3.05) is 62.2 Å². The Morgan fingerprint density at radius 2 is 1.50 bits per heavy atom. The molecule has 0 bridgehead atoms. The van der Waals surface area contributed by atoms with Gasteiger partial charge in [0.25, 0.3) is 5.91 Å². The zero-order valence-corrected chi connectivity index (χ0v) is 19.4. The van der Waals surface area contributed by atoms with Gasteiger partial charge in [0.1, 0.15) is 11.6 Å². The first-order valence-corrected chi connectivity index (χ1v) is 12.2. The van der Waals surface area contributed by atoms with Gasteiger partial charge < -0.3 is 24.3 Å². The number of rotatable bonds is 4. The number of likely N-dealkylation sites (tertiary alicyclic amines) is 1. The van der Waals surface area contributed by atoms with Crippen LogP contribution in [0.15, 0.2) is 48.5 Å². The highest BCUT2D eigenvalue weighted by Crippen LogP contribution is 2.33. The number of hydrogen-bond acceptors (Lipinski definition) is 5. The zero-order chi connectivity index (χ0) is 23.5. The van der Waals surface area contributed by atoms with Crippen LogP contribution < -0.4 is 14.5 Å². The van der Waals surface area contributed by atoms with Gasteiger partial charge in [-0.05, 0) is 43.5 Å². The van der Waals surface area contributed by atoms with Crippen molar-refractivity contribution in [1.82, 2.24) is 9.80 Å². The number of carbonyl (C=O) groups is 2. The van der Waals surface area contributed by atoms with Crippen molar-refractivity contribution >= 4 is 23.2 Å². The minimum absolute atomic E-state index is 0.00477. The lowest BCUT2D eigenvalue weighted by molar-refractivity contribution is -0.140. The van der Waals surface area contributed by atoms with Crippen molar-refractivity contribution in [2.45, 2.75) is 25.4 Å². The first-order chi connectivity index (χ1) is 16.6.